The number of nitrogens with zero attached hydrogens (tertiary/aromatic N) is 2. The third kappa shape index (κ3) is 12.3. The van der Waals surface area contributed by atoms with Gasteiger partial charge in [0.15, 0.2) is 0 Å². The fourth-order valence-corrected chi connectivity index (χ4v) is 12.0. The second-order valence-corrected chi connectivity index (χ2v) is 16.4. The largest absolute Gasteiger partial charge is 0.663 e. The zero-order valence-electron chi connectivity index (χ0n) is 21.9. The molecule has 44 heavy (non-hydrogen) atoms. The van der Waals surface area contributed by atoms with Gasteiger partial charge in [-0.05, 0) is 12.0 Å². The van der Waals surface area contributed by atoms with Gasteiger partial charge in [-0.1, -0.05) is 30.3 Å². The van der Waals surface area contributed by atoms with Crippen molar-refractivity contribution in [2.45, 2.75) is 18.5 Å². The molecule has 0 heterocycles. The van der Waals surface area contributed by atoms with Gasteiger partial charge in [-0.3, -0.25) is 29.8 Å². The average molecular weight is 699 g/mol. The number of carbonyl (C=O) groups excluding carboxylic acids is 2. The van der Waals surface area contributed by atoms with Crippen LogP contribution in [0.5, 0.6) is 0 Å². The highest BCUT2D eigenvalue weighted by Crippen LogP contribution is 2.26. The van der Waals surface area contributed by atoms with Crippen molar-refractivity contribution < 1.29 is 74.9 Å². The molecule has 2 aromatic rings. The Kier molecular flexibility index (Phi) is 12.2. The number of amides is 2. The van der Waals surface area contributed by atoms with Gasteiger partial charge in [-0.2, -0.15) is 0 Å². The standard InChI is InChI=1S/C18H26N4O18Si4/c23-17(13-9-14(21(25)26)11-15(10-13)22(27)28)20-16(12-5-2-1-3-6-12)18(24)19-7-4-8-41(38-42(29,30)31,39-43(32,33)34)40-44(35,36)37/h1-3,5-6,9-11,16,29-37H,4,7-8H2,(H,19,24)(H,20,23)/t16-/m1/s1. The second kappa shape index (κ2) is 14.6. The quantitative estimate of drug-likeness (QED) is 0.0342. The topological polar surface area (TPSA) is 354 Å². The number of nitrogens with one attached hydrogen (secondary N) is 2. The highest BCUT2D eigenvalue weighted by atomic mass is 28.5. The Labute approximate surface area is 249 Å². The molecule has 0 radical (unpaired) electrons. The predicted octanol–water partition coefficient (Wildman–Crippen LogP) is -4.29. The van der Waals surface area contributed by atoms with Gasteiger partial charge in [-0.15, -0.1) is 0 Å². The molecule has 22 nitrogen and oxygen atoms in total. The van der Waals surface area contributed by atoms with Gasteiger partial charge in [0.2, 0.25) is 5.91 Å². The van der Waals surface area contributed by atoms with Crippen molar-refractivity contribution in [3.8, 4) is 0 Å². The molecule has 0 aromatic heterocycles. The van der Waals surface area contributed by atoms with Gasteiger partial charge >= 0.3 is 35.9 Å². The van der Waals surface area contributed by atoms with Crippen LogP contribution in [0.15, 0.2) is 48.5 Å². The van der Waals surface area contributed by atoms with Crippen molar-refractivity contribution in [1.29, 1.82) is 0 Å². The van der Waals surface area contributed by atoms with E-state index in [1.54, 1.807) is 6.07 Å². The molecule has 0 saturated heterocycles. The number of hydrogen-bond acceptors (Lipinski definition) is 18. The molecule has 0 spiro atoms. The summed E-state index contributed by atoms with van der Waals surface area (Å²) in [5.41, 5.74) is -1.90. The maximum absolute atomic E-state index is 13.1. The van der Waals surface area contributed by atoms with E-state index in [9.17, 15) is 73.0 Å². The Morgan fingerprint density at radius 1 is 0.773 bits per heavy atom. The smallest absolute Gasteiger partial charge is 0.368 e. The van der Waals surface area contributed by atoms with E-state index in [2.05, 4.69) is 23.0 Å². The normalized spacial score (nSPS) is 13.2. The van der Waals surface area contributed by atoms with E-state index < -0.39 is 99.6 Å². The molecule has 2 aromatic carbocycles. The van der Waals surface area contributed by atoms with Gasteiger partial charge in [0, 0.05) is 24.7 Å². The van der Waals surface area contributed by atoms with E-state index in [4.69, 9.17) is 0 Å². The van der Waals surface area contributed by atoms with Crippen LogP contribution in [0.4, 0.5) is 11.4 Å². The van der Waals surface area contributed by atoms with Crippen LogP contribution in [0.2, 0.25) is 6.04 Å². The van der Waals surface area contributed by atoms with Crippen molar-refractivity contribution in [1.82, 2.24) is 10.6 Å². The zero-order valence-corrected chi connectivity index (χ0v) is 25.9. The summed E-state index contributed by atoms with van der Waals surface area (Å²) in [6, 6.07) is 7.03. The minimum Gasteiger partial charge on any atom is -0.368 e. The minimum absolute atomic E-state index is 0.168. The van der Waals surface area contributed by atoms with Crippen molar-refractivity contribution in [3.05, 3.63) is 79.9 Å². The van der Waals surface area contributed by atoms with Crippen molar-refractivity contribution in [3.63, 3.8) is 0 Å². The van der Waals surface area contributed by atoms with Crippen LogP contribution in [-0.4, -0.2) is 107 Å². The highest BCUT2D eigenvalue weighted by molar-refractivity contribution is 6.80. The number of hydrogen-bond donors (Lipinski definition) is 11. The number of nitro groups is 2. The molecule has 0 unspecified atom stereocenters. The number of benzene rings is 2. The number of non-ortho nitro benzene ring substituents is 2. The Morgan fingerprint density at radius 2 is 1.23 bits per heavy atom. The third-order valence-electron chi connectivity index (χ3n) is 5.09. The third-order valence-corrected chi connectivity index (χ3v) is 13.1. The first-order valence-electron chi connectivity index (χ1n) is 11.8. The molecule has 0 saturated carbocycles. The second-order valence-electron chi connectivity index (χ2n) is 8.67. The summed E-state index contributed by atoms with van der Waals surface area (Å²) < 4.78 is 13.2. The Hall–Kier alpha value is -3.43. The lowest BCUT2D eigenvalue weighted by Crippen LogP contribution is -2.66. The van der Waals surface area contributed by atoms with E-state index in [0.717, 1.165) is 12.1 Å². The van der Waals surface area contributed by atoms with Gasteiger partial charge in [-0.25, -0.2) is 0 Å². The molecule has 26 heteroatoms. The monoisotopic (exact) mass is 698 g/mol. The molecule has 242 valence electrons. The molecule has 11 N–H and O–H groups in total. The van der Waals surface area contributed by atoms with Gasteiger partial charge < -0.3 is 66.1 Å². The van der Waals surface area contributed by atoms with E-state index in [1.165, 1.54) is 24.3 Å². The summed E-state index contributed by atoms with van der Waals surface area (Å²) >= 11 is 0. The summed E-state index contributed by atoms with van der Waals surface area (Å²) in [7, 11) is -22.6. The SMILES string of the molecule is O=C(N[C@@H](C(=O)NCCC[Si](O[Si](O)(O)O)(O[Si](O)(O)O)O[Si](O)(O)O)c1ccccc1)c1cc([N+](=O)[O-])cc([N+](=O)[O-])c1. The fourth-order valence-electron chi connectivity index (χ4n) is 3.56. The summed E-state index contributed by atoms with van der Waals surface area (Å²) in [5, 5.41) is 27.0. The maximum Gasteiger partial charge on any atom is 0.663 e. The first kappa shape index (κ1) is 36.8. The van der Waals surface area contributed by atoms with Crippen LogP contribution in [0.3, 0.4) is 0 Å². The highest BCUT2D eigenvalue weighted by Gasteiger charge is 2.60. The first-order chi connectivity index (χ1) is 20.1. The summed E-state index contributed by atoms with van der Waals surface area (Å²) in [6.07, 6.45) is -0.496. The molecule has 0 aliphatic rings. The summed E-state index contributed by atoms with van der Waals surface area (Å²) in [4.78, 5) is 130. The van der Waals surface area contributed by atoms with Crippen LogP contribution in [0.25, 0.3) is 0 Å². The number of carbonyl (C=O) groups is 2. The molecule has 2 rings (SSSR count). The van der Waals surface area contributed by atoms with E-state index in [0.29, 0.717) is 6.07 Å². The predicted molar refractivity (Wildman–Crippen MR) is 145 cm³/mol. The fraction of sp³-hybridized carbons (Fsp3) is 0.222. The van der Waals surface area contributed by atoms with E-state index in [1.807, 2.05) is 0 Å². The van der Waals surface area contributed by atoms with E-state index >= 15 is 0 Å². The van der Waals surface area contributed by atoms with Crippen molar-refractivity contribution >= 4 is 59.1 Å². The Morgan fingerprint density at radius 3 is 1.64 bits per heavy atom. The molecule has 0 aliphatic carbocycles. The van der Waals surface area contributed by atoms with Gasteiger partial charge in [0.05, 0.1) is 21.5 Å². The number of nitro benzene ring substituents is 2. The lowest BCUT2D eigenvalue weighted by Gasteiger charge is -2.34. The Bertz CT molecular complexity index is 1280. The molecule has 0 aliphatic heterocycles. The maximum atomic E-state index is 13.1. The zero-order chi connectivity index (χ0) is 33.5. The van der Waals surface area contributed by atoms with Gasteiger partial charge in [0.1, 0.15) is 6.04 Å². The lowest BCUT2D eigenvalue weighted by atomic mass is 10.0. The van der Waals surface area contributed by atoms with E-state index in [-0.39, 0.29) is 5.56 Å². The molecule has 2 amide bonds. The number of rotatable bonds is 16. The summed E-state index contributed by atoms with van der Waals surface area (Å²) in [5.74, 6) is -2.08. The molecule has 0 bridgehead atoms. The van der Waals surface area contributed by atoms with Crippen molar-refractivity contribution in [2.75, 3.05) is 6.54 Å². The van der Waals surface area contributed by atoms with Crippen LogP contribution < -0.4 is 10.6 Å². The lowest BCUT2D eigenvalue weighted by molar-refractivity contribution is -0.394. The average Bonchev–Trinajstić information content (AvgIpc) is 2.86. The van der Waals surface area contributed by atoms with Crippen LogP contribution in [0.1, 0.15) is 28.4 Å². The summed E-state index contributed by atoms with van der Waals surface area (Å²) in [6.45, 7) is -0.490. The van der Waals surface area contributed by atoms with Crippen LogP contribution in [0, 0.1) is 20.2 Å². The molecular weight excluding hydrogens is 673 g/mol. The molecular formula is C18H26N4O18Si4. The Balaban J connectivity index is 2.28. The van der Waals surface area contributed by atoms with Crippen LogP contribution in [-0.2, 0) is 17.1 Å². The molecule has 1 atom stereocenters. The van der Waals surface area contributed by atoms with Crippen molar-refractivity contribution in [2.24, 2.45) is 0 Å². The minimum atomic E-state index is -5.74. The first-order valence-corrected chi connectivity index (χ1v) is 19.0. The molecule has 0 fully saturated rings. The van der Waals surface area contributed by atoms with Gasteiger partial charge in [0.25, 0.3) is 17.3 Å². The van der Waals surface area contributed by atoms with Crippen LogP contribution >= 0.6 is 0 Å².